The molecule has 1 aromatic heterocycles. The fourth-order valence-electron chi connectivity index (χ4n) is 5.62. The van der Waals surface area contributed by atoms with Crippen LogP contribution in [0.3, 0.4) is 0 Å². The summed E-state index contributed by atoms with van der Waals surface area (Å²) in [4.78, 5) is 58.8. The van der Waals surface area contributed by atoms with Crippen LogP contribution >= 0.6 is 23.2 Å². The number of rotatable bonds is 6. The van der Waals surface area contributed by atoms with E-state index in [-0.39, 0.29) is 42.7 Å². The third kappa shape index (κ3) is 10.1. The van der Waals surface area contributed by atoms with Gasteiger partial charge in [-0.05, 0) is 59.0 Å². The molecule has 3 aromatic carbocycles. The van der Waals surface area contributed by atoms with Crippen molar-refractivity contribution in [1.82, 2.24) is 20.9 Å². The van der Waals surface area contributed by atoms with E-state index < -0.39 is 53.5 Å². The number of carbonyl (C=O) groups is 4. The number of fused-ring (bicyclic) bond motifs is 1. The van der Waals surface area contributed by atoms with Crippen molar-refractivity contribution >= 4 is 52.5 Å². The zero-order valence-corrected chi connectivity index (χ0v) is 27.9. The number of aromatic nitrogens is 1. The standard InChI is InChI=1S/C36H32Cl2F3N5O4/c37-27-11-10-22(15-28(27)38)14-26-19-33(48)44-29-9-2-1-7-24(29)18-32(47)45-30(16-21-5-3-8-25(13-21)36(39,40)41)35(50)46-31(34(49)43-26)17-23-6-4-12-42-20-23/h1-13,15,20,26,30-31H,14,16-19H2,(H,43,49)(H,44,48)(H,45,47)(H,46,50)/t26-,30-,31-/m0/s1. The van der Waals surface area contributed by atoms with E-state index in [1.807, 2.05) is 0 Å². The van der Waals surface area contributed by atoms with E-state index in [2.05, 4.69) is 26.3 Å². The van der Waals surface area contributed by atoms with E-state index in [0.717, 1.165) is 12.1 Å². The molecule has 9 nitrogen and oxygen atoms in total. The average molecular weight is 727 g/mol. The van der Waals surface area contributed by atoms with Crippen molar-refractivity contribution in [1.29, 1.82) is 0 Å². The third-order valence-electron chi connectivity index (χ3n) is 8.03. The summed E-state index contributed by atoms with van der Waals surface area (Å²) in [6.45, 7) is 0. The lowest BCUT2D eigenvalue weighted by atomic mass is 10.00. The minimum atomic E-state index is -4.63. The normalized spacial score (nSPS) is 19.2. The van der Waals surface area contributed by atoms with E-state index >= 15 is 0 Å². The Morgan fingerprint density at radius 1 is 0.700 bits per heavy atom. The Morgan fingerprint density at radius 2 is 1.40 bits per heavy atom. The maximum Gasteiger partial charge on any atom is 0.416 e. The summed E-state index contributed by atoms with van der Waals surface area (Å²) >= 11 is 12.3. The molecular weight excluding hydrogens is 694 g/mol. The second-order valence-electron chi connectivity index (χ2n) is 11.9. The monoisotopic (exact) mass is 725 g/mol. The quantitative estimate of drug-likeness (QED) is 0.210. The smallest absolute Gasteiger partial charge is 0.351 e. The summed E-state index contributed by atoms with van der Waals surface area (Å²) < 4.78 is 40.6. The Morgan fingerprint density at radius 3 is 2.14 bits per heavy atom. The van der Waals surface area contributed by atoms with E-state index in [1.165, 1.54) is 18.3 Å². The first-order valence-electron chi connectivity index (χ1n) is 15.6. The number of amides is 4. The van der Waals surface area contributed by atoms with Crippen molar-refractivity contribution in [2.24, 2.45) is 0 Å². The van der Waals surface area contributed by atoms with Crippen molar-refractivity contribution < 1.29 is 32.3 Å². The fraction of sp³-hybridized carbons (Fsp3) is 0.250. The van der Waals surface area contributed by atoms with Gasteiger partial charge < -0.3 is 21.3 Å². The van der Waals surface area contributed by atoms with Crippen molar-refractivity contribution in [3.8, 4) is 0 Å². The number of alkyl halides is 3. The maximum atomic E-state index is 14.0. The molecule has 4 aromatic rings. The summed E-state index contributed by atoms with van der Waals surface area (Å²) in [6, 6.07) is 16.0. The molecule has 4 amide bonds. The highest BCUT2D eigenvalue weighted by Gasteiger charge is 2.33. The lowest BCUT2D eigenvalue weighted by Crippen LogP contribution is -2.56. The molecule has 0 unspecified atom stereocenters. The number of para-hydroxylation sites is 1. The zero-order valence-electron chi connectivity index (χ0n) is 26.4. The summed E-state index contributed by atoms with van der Waals surface area (Å²) in [5, 5.41) is 11.7. The van der Waals surface area contributed by atoms with E-state index in [0.29, 0.717) is 27.4 Å². The Kier molecular flexibility index (Phi) is 11.8. The molecule has 3 atom stereocenters. The zero-order chi connectivity index (χ0) is 35.8. The molecule has 0 bridgehead atoms. The van der Waals surface area contributed by atoms with Crippen LogP contribution in [0.25, 0.3) is 0 Å². The van der Waals surface area contributed by atoms with Gasteiger partial charge in [0.2, 0.25) is 23.6 Å². The van der Waals surface area contributed by atoms with Gasteiger partial charge in [-0.1, -0.05) is 71.7 Å². The highest BCUT2D eigenvalue weighted by Crippen LogP contribution is 2.30. The van der Waals surface area contributed by atoms with Gasteiger partial charge in [-0.3, -0.25) is 24.2 Å². The molecule has 0 spiro atoms. The van der Waals surface area contributed by atoms with Gasteiger partial charge >= 0.3 is 6.18 Å². The van der Waals surface area contributed by atoms with E-state index in [9.17, 15) is 32.3 Å². The largest absolute Gasteiger partial charge is 0.416 e. The van der Waals surface area contributed by atoms with Gasteiger partial charge in [0.15, 0.2) is 0 Å². The molecule has 0 fully saturated rings. The van der Waals surface area contributed by atoms with Gasteiger partial charge in [-0.2, -0.15) is 13.2 Å². The van der Waals surface area contributed by atoms with Crippen molar-refractivity contribution in [2.75, 3.05) is 5.32 Å². The SMILES string of the molecule is O=C1C[C@H](Cc2ccc(Cl)c(Cl)c2)NC(=O)[C@H](Cc2cccnc2)NC(=O)[C@H](Cc2cccc(C(F)(F)F)c2)NC(=O)Cc2ccccc2N1. The first-order valence-corrected chi connectivity index (χ1v) is 16.4. The molecule has 14 heteroatoms. The van der Waals surface area contributed by atoms with Crippen LogP contribution in [0.4, 0.5) is 18.9 Å². The summed E-state index contributed by atoms with van der Waals surface area (Å²) in [6.07, 6.45) is -2.16. The molecule has 4 N–H and O–H groups in total. The number of hydrogen-bond acceptors (Lipinski definition) is 5. The minimum Gasteiger partial charge on any atom is -0.351 e. The molecule has 0 saturated heterocycles. The molecular formula is C36H32Cl2F3N5O4. The topological polar surface area (TPSA) is 129 Å². The maximum absolute atomic E-state index is 14.0. The van der Waals surface area contributed by atoms with Gasteiger partial charge in [0.1, 0.15) is 12.1 Å². The number of nitrogens with one attached hydrogen (secondary N) is 4. The predicted molar refractivity (Wildman–Crippen MR) is 182 cm³/mol. The van der Waals surface area contributed by atoms with Crippen LogP contribution in [0.2, 0.25) is 10.0 Å². The predicted octanol–water partition coefficient (Wildman–Crippen LogP) is 5.47. The van der Waals surface area contributed by atoms with Crippen LogP contribution in [-0.4, -0.2) is 46.7 Å². The summed E-state index contributed by atoms with van der Waals surface area (Å²) in [5.74, 6) is -2.51. The molecule has 5 rings (SSSR count). The molecule has 2 heterocycles. The van der Waals surface area contributed by atoms with Gasteiger partial charge in [-0.25, -0.2) is 0 Å². The van der Waals surface area contributed by atoms with Crippen molar-refractivity contribution in [2.45, 2.75) is 56.4 Å². The number of nitrogens with zero attached hydrogens (tertiary/aromatic N) is 1. The Balaban J connectivity index is 1.52. The van der Waals surface area contributed by atoms with Crippen LogP contribution in [0.1, 0.15) is 34.2 Å². The molecule has 1 aliphatic rings. The Labute approximate surface area is 296 Å². The first kappa shape index (κ1) is 36.3. The number of pyridine rings is 1. The second kappa shape index (κ2) is 16.2. The lowest BCUT2D eigenvalue weighted by molar-refractivity contribution is -0.137. The van der Waals surface area contributed by atoms with Crippen molar-refractivity contribution in [3.05, 3.63) is 129 Å². The highest BCUT2D eigenvalue weighted by atomic mass is 35.5. The van der Waals surface area contributed by atoms with Crippen LogP contribution < -0.4 is 21.3 Å². The van der Waals surface area contributed by atoms with Crippen LogP contribution in [-0.2, 0) is 51.0 Å². The molecule has 260 valence electrons. The van der Waals surface area contributed by atoms with Gasteiger partial charge in [-0.15, -0.1) is 0 Å². The second-order valence-corrected chi connectivity index (χ2v) is 12.7. The molecule has 50 heavy (non-hydrogen) atoms. The van der Waals surface area contributed by atoms with Crippen molar-refractivity contribution in [3.63, 3.8) is 0 Å². The fourth-order valence-corrected chi connectivity index (χ4v) is 5.94. The number of halogens is 5. The number of hydrogen-bond donors (Lipinski definition) is 4. The highest BCUT2D eigenvalue weighted by molar-refractivity contribution is 6.42. The van der Waals surface area contributed by atoms with E-state index in [4.69, 9.17) is 23.2 Å². The lowest BCUT2D eigenvalue weighted by Gasteiger charge is -2.26. The average Bonchev–Trinajstić information content (AvgIpc) is 3.06. The van der Waals surface area contributed by atoms with Crippen LogP contribution in [0, 0.1) is 0 Å². The number of benzene rings is 3. The third-order valence-corrected chi connectivity index (χ3v) is 8.77. The number of anilines is 1. The van der Waals surface area contributed by atoms with Crippen LogP contribution in [0.15, 0.2) is 91.3 Å². The van der Waals surface area contributed by atoms with Gasteiger partial charge in [0.05, 0.1) is 22.0 Å². The molecule has 0 saturated carbocycles. The van der Waals surface area contributed by atoms with Crippen LogP contribution in [0.5, 0.6) is 0 Å². The van der Waals surface area contributed by atoms with Gasteiger partial charge in [0, 0.05) is 43.4 Å². The number of carbonyl (C=O) groups excluding carboxylic acids is 4. The Bertz CT molecular complexity index is 1880. The molecule has 0 radical (unpaired) electrons. The Hall–Kier alpha value is -4.94. The molecule has 1 aliphatic heterocycles. The first-order chi connectivity index (χ1) is 23.8. The van der Waals surface area contributed by atoms with E-state index in [1.54, 1.807) is 60.8 Å². The summed E-state index contributed by atoms with van der Waals surface area (Å²) in [7, 11) is 0. The molecule has 0 aliphatic carbocycles. The minimum absolute atomic E-state index is 0.0211. The summed E-state index contributed by atoms with van der Waals surface area (Å²) in [5.41, 5.74) is 1.28. The van der Waals surface area contributed by atoms with Gasteiger partial charge in [0.25, 0.3) is 0 Å².